The van der Waals surface area contributed by atoms with Gasteiger partial charge in [0.25, 0.3) is 0 Å². The molecule has 0 amide bonds. The van der Waals surface area contributed by atoms with Crippen LogP contribution in [0.25, 0.3) is 0 Å². The van der Waals surface area contributed by atoms with Gasteiger partial charge in [0.15, 0.2) is 0 Å². The molecule has 21 heavy (non-hydrogen) atoms. The maximum absolute atomic E-state index is 13.3. The number of hydrogen-bond acceptors (Lipinski definition) is 3. The van der Waals surface area contributed by atoms with Gasteiger partial charge in [0.05, 0.1) is 12.2 Å². The van der Waals surface area contributed by atoms with Crippen LogP contribution in [-0.2, 0) is 12.7 Å². The minimum absolute atomic E-state index is 0.0965. The molecule has 1 atom stereocenters. The first kappa shape index (κ1) is 16.1. The Hall–Kier alpha value is -1.27. The number of nitrogens with one attached hydrogen (secondary N) is 1. The van der Waals surface area contributed by atoms with Gasteiger partial charge in [-0.15, -0.1) is 0 Å². The van der Waals surface area contributed by atoms with Crippen LogP contribution in [0, 0.1) is 0 Å². The molecular formula is C15H21F3N2O. The van der Waals surface area contributed by atoms with Gasteiger partial charge in [0, 0.05) is 31.4 Å². The van der Waals surface area contributed by atoms with Crippen molar-refractivity contribution in [2.24, 2.45) is 0 Å². The summed E-state index contributed by atoms with van der Waals surface area (Å²) < 4.78 is 39.8. The molecule has 2 N–H and O–H groups in total. The van der Waals surface area contributed by atoms with Crippen molar-refractivity contribution >= 4 is 5.69 Å². The fourth-order valence-electron chi connectivity index (χ4n) is 2.14. The first-order valence-corrected chi connectivity index (χ1v) is 7.10. The van der Waals surface area contributed by atoms with Crippen molar-refractivity contribution in [3.63, 3.8) is 0 Å². The van der Waals surface area contributed by atoms with Crippen LogP contribution in [0.1, 0.15) is 30.9 Å². The number of hydrogen-bond donors (Lipinski definition) is 2. The van der Waals surface area contributed by atoms with E-state index in [0.717, 1.165) is 12.8 Å². The van der Waals surface area contributed by atoms with Gasteiger partial charge in [-0.25, -0.2) is 0 Å². The van der Waals surface area contributed by atoms with E-state index in [1.807, 2.05) is 0 Å². The van der Waals surface area contributed by atoms with Gasteiger partial charge in [0.2, 0.25) is 0 Å². The van der Waals surface area contributed by atoms with E-state index in [1.54, 1.807) is 20.0 Å². The number of rotatable bonds is 6. The highest BCUT2D eigenvalue weighted by molar-refractivity contribution is 5.56. The van der Waals surface area contributed by atoms with Crippen LogP contribution < -0.4 is 10.2 Å². The number of anilines is 1. The third-order valence-electron chi connectivity index (χ3n) is 3.84. The standard InChI is InChI=1S/C15H21F3N2O/c1-10(9-21)20(2)14-6-3-11(8-19-12-4-5-12)7-13(14)15(16,17)18/h3,6-7,10,12,19,21H,4-5,8-9H2,1-2H3. The molecule has 0 heterocycles. The van der Waals surface area contributed by atoms with Crippen molar-refractivity contribution in [3.05, 3.63) is 29.3 Å². The number of halogens is 3. The average molecular weight is 302 g/mol. The van der Waals surface area contributed by atoms with Crippen LogP contribution in [0.15, 0.2) is 18.2 Å². The summed E-state index contributed by atoms with van der Waals surface area (Å²) in [7, 11) is 1.56. The van der Waals surface area contributed by atoms with E-state index in [1.165, 1.54) is 17.0 Å². The van der Waals surface area contributed by atoms with Crippen LogP contribution in [0.4, 0.5) is 18.9 Å². The molecule has 1 fully saturated rings. The smallest absolute Gasteiger partial charge is 0.394 e. The van der Waals surface area contributed by atoms with E-state index in [4.69, 9.17) is 5.11 Å². The molecule has 0 aliphatic heterocycles. The van der Waals surface area contributed by atoms with Crippen LogP contribution >= 0.6 is 0 Å². The quantitative estimate of drug-likeness (QED) is 0.848. The number of aliphatic hydroxyl groups excluding tert-OH is 1. The van der Waals surface area contributed by atoms with Crippen molar-refractivity contribution in [3.8, 4) is 0 Å². The predicted octanol–water partition coefficient (Wildman–Crippen LogP) is 2.77. The summed E-state index contributed by atoms with van der Waals surface area (Å²) >= 11 is 0. The number of benzene rings is 1. The van der Waals surface area contributed by atoms with Gasteiger partial charge in [0.1, 0.15) is 0 Å². The first-order chi connectivity index (χ1) is 9.82. The zero-order chi connectivity index (χ0) is 15.6. The Balaban J connectivity index is 2.26. The second kappa shape index (κ2) is 6.23. The van der Waals surface area contributed by atoms with E-state index in [-0.39, 0.29) is 18.3 Å². The SMILES string of the molecule is CC(CO)N(C)c1ccc(CNC2CC2)cc1C(F)(F)F. The molecule has 118 valence electrons. The van der Waals surface area contributed by atoms with Crippen molar-refractivity contribution in [1.29, 1.82) is 0 Å². The Bertz CT molecular complexity index is 486. The number of nitrogens with zero attached hydrogens (tertiary/aromatic N) is 1. The highest BCUT2D eigenvalue weighted by Gasteiger charge is 2.35. The number of aliphatic hydroxyl groups is 1. The van der Waals surface area contributed by atoms with Crippen molar-refractivity contribution in [1.82, 2.24) is 5.32 Å². The van der Waals surface area contributed by atoms with Gasteiger partial charge in [-0.1, -0.05) is 6.07 Å². The third-order valence-corrected chi connectivity index (χ3v) is 3.84. The minimum Gasteiger partial charge on any atom is -0.394 e. The maximum Gasteiger partial charge on any atom is 0.418 e. The minimum atomic E-state index is -4.41. The Kier molecular flexibility index (Phi) is 4.78. The van der Waals surface area contributed by atoms with Crippen LogP contribution in [-0.4, -0.2) is 30.8 Å². The maximum atomic E-state index is 13.3. The summed E-state index contributed by atoms with van der Waals surface area (Å²) in [6.07, 6.45) is -2.21. The van der Waals surface area contributed by atoms with Gasteiger partial charge in [-0.2, -0.15) is 13.2 Å². The molecule has 0 bridgehead atoms. The second-order valence-electron chi connectivity index (χ2n) is 5.65. The fourth-order valence-corrected chi connectivity index (χ4v) is 2.14. The molecular weight excluding hydrogens is 281 g/mol. The summed E-state index contributed by atoms with van der Waals surface area (Å²) in [5.74, 6) is 0. The molecule has 1 saturated carbocycles. The molecule has 1 aromatic carbocycles. The Morgan fingerprint density at radius 3 is 2.57 bits per heavy atom. The van der Waals surface area contributed by atoms with Gasteiger partial charge >= 0.3 is 6.18 Å². The highest BCUT2D eigenvalue weighted by Crippen LogP contribution is 2.37. The summed E-state index contributed by atoms with van der Waals surface area (Å²) in [5, 5.41) is 12.3. The summed E-state index contributed by atoms with van der Waals surface area (Å²) in [6.45, 7) is 1.94. The molecule has 2 rings (SSSR count). The van der Waals surface area contributed by atoms with E-state index in [2.05, 4.69) is 5.32 Å². The van der Waals surface area contributed by atoms with E-state index >= 15 is 0 Å². The topological polar surface area (TPSA) is 35.5 Å². The van der Waals surface area contributed by atoms with Crippen LogP contribution in [0.2, 0.25) is 0 Å². The van der Waals surface area contributed by atoms with Crippen LogP contribution in [0.5, 0.6) is 0 Å². The lowest BCUT2D eigenvalue weighted by Gasteiger charge is -2.28. The summed E-state index contributed by atoms with van der Waals surface area (Å²) in [5.41, 5.74) is 0.0719. The summed E-state index contributed by atoms with van der Waals surface area (Å²) in [6, 6.07) is 4.47. The Morgan fingerprint density at radius 1 is 1.38 bits per heavy atom. The normalized spacial score (nSPS) is 16.9. The molecule has 0 radical (unpaired) electrons. The average Bonchev–Trinajstić information content (AvgIpc) is 3.26. The molecule has 0 spiro atoms. The second-order valence-corrected chi connectivity index (χ2v) is 5.65. The number of likely N-dealkylation sites (N-methyl/N-ethyl adjacent to an activating group) is 1. The molecule has 3 nitrogen and oxygen atoms in total. The van der Waals surface area contributed by atoms with E-state index in [9.17, 15) is 13.2 Å². The van der Waals surface area contributed by atoms with Crippen molar-refractivity contribution in [2.45, 2.75) is 44.6 Å². The predicted molar refractivity (Wildman–Crippen MR) is 76.3 cm³/mol. The highest BCUT2D eigenvalue weighted by atomic mass is 19.4. The van der Waals surface area contributed by atoms with Gasteiger partial charge in [-0.05, 0) is 37.5 Å². The molecule has 0 saturated heterocycles. The molecule has 0 aromatic heterocycles. The molecule has 6 heteroatoms. The van der Waals surface area contributed by atoms with Gasteiger partial charge < -0.3 is 15.3 Å². The number of alkyl halides is 3. The lowest BCUT2D eigenvalue weighted by molar-refractivity contribution is -0.137. The zero-order valence-electron chi connectivity index (χ0n) is 12.2. The zero-order valence-corrected chi connectivity index (χ0v) is 12.2. The fraction of sp³-hybridized carbons (Fsp3) is 0.600. The van der Waals surface area contributed by atoms with Crippen molar-refractivity contribution in [2.75, 3.05) is 18.6 Å². The molecule has 1 aliphatic rings. The Labute approximate surface area is 122 Å². The van der Waals surface area contributed by atoms with Gasteiger partial charge in [-0.3, -0.25) is 0 Å². The third kappa shape index (κ3) is 4.11. The Morgan fingerprint density at radius 2 is 2.05 bits per heavy atom. The van der Waals surface area contributed by atoms with E-state index in [0.29, 0.717) is 18.2 Å². The lowest BCUT2D eigenvalue weighted by Crippen LogP contribution is -2.33. The molecule has 1 unspecified atom stereocenters. The van der Waals surface area contributed by atoms with E-state index < -0.39 is 11.7 Å². The lowest BCUT2D eigenvalue weighted by atomic mass is 10.1. The van der Waals surface area contributed by atoms with Crippen molar-refractivity contribution < 1.29 is 18.3 Å². The monoisotopic (exact) mass is 302 g/mol. The molecule has 1 aliphatic carbocycles. The summed E-state index contributed by atoms with van der Waals surface area (Å²) in [4.78, 5) is 1.46. The first-order valence-electron chi connectivity index (χ1n) is 7.10. The largest absolute Gasteiger partial charge is 0.418 e. The molecule has 1 aromatic rings. The van der Waals surface area contributed by atoms with Crippen LogP contribution in [0.3, 0.4) is 0 Å².